The van der Waals surface area contributed by atoms with Crippen molar-refractivity contribution in [3.8, 4) is 23.2 Å². The summed E-state index contributed by atoms with van der Waals surface area (Å²) in [7, 11) is 0. The number of hydrogen-bond donors (Lipinski definition) is 1. The number of fused-ring (bicyclic) bond motifs is 7. The third-order valence-electron chi connectivity index (χ3n) is 5.02. The van der Waals surface area contributed by atoms with Gasteiger partial charge < -0.3 is 14.6 Å². The minimum absolute atomic E-state index is 0.0732. The summed E-state index contributed by atoms with van der Waals surface area (Å²) in [6, 6.07) is 19.0. The molecule has 0 spiro atoms. The number of rotatable bonds is 2. The molecule has 6 heteroatoms. The molecule has 4 rings (SSSR count). The summed E-state index contributed by atoms with van der Waals surface area (Å²) >= 11 is 0. The fourth-order valence-electron chi connectivity index (χ4n) is 3.49. The van der Waals surface area contributed by atoms with Gasteiger partial charge in [-0.05, 0) is 46.9 Å². The molecule has 0 radical (unpaired) electrons. The van der Waals surface area contributed by atoms with E-state index in [1.807, 2.05) is 42.5 Å². The predicted molar refractivity (Wildman–Crippen MR) is 110 cm³/mol. The first-order valence-electron chi connectivity index (χ1n) is 9.66. The van der Waals surface area contributed by atoms with E-state index in [9.17, 15) is 15.2 Å². The van der Waals surface area contributed by atoms with E-state index < -0.39 is 5.97 Å². The number of ether oxygens (including phenoxy) is 2. The second kappa shape index (κ2) is 8.76. The Morgan fingerprint density at radius 1 is 1.10 bits per heavy atom. The van der Waals surface area contributed by atoms with Crippen LogP contribution < -0.4 is 4.74 Å². The molecule has 2 aromatic carbocycles. The van der Waals surface area contributed by atoms with Crippen molar-refractivity contribution in [1.82, 2.24) is 4.98 Å². The van der Waals surface area contributed by atoms with Crippen LogP contribution in [0.1, 0.15) is 27.8 Å². The quantitative estimate of drug-likeness (QED) is 0.701. The SMILES string of the molecule is N#Cc1ccc2cc1CCOCc1cc(ccc1CC(=O)O)-c1cccc(n1)OC2. The summed E-state index contributed by atoms with van der Waals surface area (Å²) in [6.07, 6.45) is 0.507. The number of pyridine rings is 1. The van der Waals surface area contributed by atoms with Crippen LogP contribution in [-0.4, -0.2) is 22.7 Å². The van der Waals surface area contributed by atoms with Gasteiger partial charge in [0.25, 0.3) is 0 Å². The standard InChI is InChI=1S/C24H20N2O4/c25-13-20-5-4-16-10-18(20)8-9-29-15-21-11-19(7-6-17(21)12-24(27)28)22-2-1-3-23(26-22)30-14-16/h1-7,10-11H,8-9,12,14-15H2,(H,27,28). The number of nitriles is 1. The maximum Gasteiger partial charge on any atom is 0.307 e. The summed E-state index contributed by atoms with van der Waals surface area (Å²) in [4.78, 5) is 15.8. The zero-order valence-corrected chi connectivity index (χ0v) is 16.3. The zero-order chi connectivity index (χ0) is 20.9. The molecule has 0 unspecified atom stereocenters. The minimum Gasteiger partial charge on any atom is -0.481 e. The fraction of sp³-hybridized carbons (Fsp3) is 0.208. The van der Waals surface area contributed by atoms with E-state index in [1.54, 1.807) is 12.1 Å². The normalized spacial score (nSPS) is 13.3. The first-order valence-corrected chi connectivity index (χ1v) is 9.66. The topological polar surface area (TPSA) is 92.4 Å². The molecule has 1 N–H and O–H groups in total. The van der Waals surface area contributed by atoms with Crippen molar-refractivity contribution in [3.63, 3.8) is 0 Å². The maximum atomic E-state index is 11.3. The Morgan fingerprint density at radius 2 is 2.00 bits per heavy atom. The van der Waals surface area contributed by atoms with Crippen molar-refractivity contribution in [2.45, 2.75) is 26.1 Å². The second-order valence-electron chi connectivity index (χ2n) is 7.11. The first-order chi connectivity index (χ1) is 14.6. The number of carbonyl (C=O) groups is 1. The van der Waals surface area contributed by atoms with Crippen LogP contribution in [-0.2, 0) is 35.6 Å². The molecule has 0 aliphatic carbocycles. The largest absolute Gasteiger partial charge is 0.481 e. The highest BCUT2D eigenvalue weighted by molar-refractivity contribution is 5.72. The van der Waals surface area contributed by atoms with Gasteiger partial charge in [-0.15, -0.1) is 0 Å². The Hall–Kier alpha value is -3.69. The fourth-order valence-corrected chi connectivity index (χ4v) is 3.49. The number of carboxylic acids is 1. The second-order valence-corrected chi connectivity index (χ2v) is 7.11. The lowest BCUT2D eigenvalue weighted by Gasteiger charge is -2.12. The van der Waals surface area contributed by atoms with Crippen LogP contribution in [0.5, 0.6) is 5.88 Å². The molecule has 0 fully saturated rings. The van der Waals surface area contributed by atoms with Crippen LogP contribution in [0, 0.1) is 11.3 Å². The monoisotopic (exact) mass is 400 g/mol. The molecule has 6 nitrogen and oxygen atoms in total. The Kier molecular flexibility index (Phi) is 5.73. The van der Waals surface area contributed by atoms with Crippen LogP contribution in [0.15, 0.2) is 54.6 Å². The van der Waals surface area contributed by atoms with Crippen molar-refractivity contribution in [2.75, 3.05) is 6.61 Å². The highest BCUT2D eigenvalue weighted by Crippen LogP contribution is 2.25. The highest BCUT2D eigenvalue weighted by Gasteiger charge is 2.12. The number of carboxylic acid groups (broad SMARTS) is 1. The molecule has 30 heavy (non-hydrogen) atoms. The van der Waals surface area contributed by atoms with Crippen molar-refractivity contribution >= 4 is 5.97 Å². The molecule has 0 amide bonds. The van der Waals surface area contributed by atoms with Gasteiger partial charge in [-0.2, -0.15) is 5.26 Å². The number of hydrogen-bond acceptors (Lipinski definition) is 5. The molecule has 2 heterocycles. The zero-order valence-electron chi connectivity index (χ0n) is 16.3. The highest BCUT2D eigenvalue weighted by atomic mass is 16.5. The number of nitrogens with zero attached hydrogens (tertiary/aromatic N) is 2. The van der Waals surface area contributed by atoms with Crippen LogP contribution in [0.3, 0.4) is 0 Å². The molecule has 0 atom stereocenters. The van der Waals surface area contributed by atoms with E-state index in [2.05, 4.69) is 11.1 Å². The van der Waals surface area contributed by atoms with Gasteiger partial charge in [0, 0.05) is 11.6 Å². The molecule has 150 valence electrons. The lowest BCUT2D eigenvalue weighted by molar-refractivity contribution is -0.136. The average molecular weight is 400 g/mol. The Bertz CT molecular complexity index is 1130. The number of aromatic nitrogens is 1. The van der Waals surface area contributed by atoms with E-state index in [0.29, 0.717) is 36.6 Å². The smallest absolute Gasteiger partial charge is 0.307 e. The van der Waals surface area contributed by atoms with Crippen molar-refractivity contribution < 1.29 is 19.4 Å². The maximum absolute atomic E-state index is 11.3. The van der Waals surface area contributed by atoms with E-state index in [1.165, 1.54) is 0 Å². The summed E-state index contributed by atoms with van der Waals surface area (Å²) < 4.78 is 11.7. The van der Waals surface area contributed by atoms with Crippen LogP contribution in [0.25, 0.3) is 11.3 Å². The lowest BCUT2D eigenvalue weighted by atomic mass is 10.00. The van der Waals surface area contributed by atoms with Crippen molar-refractivity contribution in [2.24, 2.45) is 0 Å². The summed E-state index contributed by atoms with van der Waals surface area (Å²) in [5, 5.41) is 18.6. The van der Waals surface area contributed by atoms with E-state index >= 15 is 0 Å². The minimum atomic E-state index is -0.890. The van der Waals surface area contributed by atoms with Crippen molar-refractivity contribution in [3.05, 3.63) is 82.4 Å². The summed E-state index contributed by atoms with van der Waals surface area (Å²) in [5.74, 6) is -0.389. The van der Waals surface area contributed by atoms with Crippen LogP contribution >= 0.6 is 0 Å². The third-order valence-corrected chi connectivity index (χ3v) is 5.02. The predicted octanol–water partition coefficient (Wildman–Crippen LogP) is 3.90. The van der Waals surface area contributed by atoms with Gasteiger partial charge in [0.05, 0.1) is 37.0 Å². The first kappa shape index (κ1) is 19.6. The van der Waals surface area contributed by atoms with Crippen molar-refractivity contribution in [1.29, 1.82) is 5.26 Å². The third kappa shape index (κ3) is 4.48. The molecular formula is C24H20N2O4. The Balaban J connectivity index is 1.73. The van der Waals surface area contributed by atoms with Crippen LogP contribution in [0.4, 0.5) is 0 Å². The molecule has 3 aromatic rings. The van der Waals surface area contributed by atoms with Gasteiger partial charge in [-0.3, -0.25) is 4.79 Å². The molecule has 1 aromatic heterocycles. The van der Waals surface area contributed by atoms with E-state index in [4.69, 9.17) is 9.47 Å². The molecular weight excluding hydrogens is 380 g/mol. The Labute approximate surface area is 174 Å². The van der Waals surface area contributed by atoms with E-state index in [-0.39, 0.29) is 13.0 Å². The van der Waals surface area contributed by atoms with Crippen LogP contribution in [0.2, 0.25) is 0 Å². The Morgan fingerprint density at radius 3 is 2.83 bits per heavy atom. The van der Waals surface area contributed by atoms with Gasteiger partial charge in [-0.1, -0.05) is 30.3 Å². The number of aliphatic carboxylic acids is 1. The lowest BCUT2D eigenvalue weighted by Crippen LogP contribution is -2.07. The molecule has 1 aliphatic rings. The van der Waals surface area contributed by atoms with E-state index in [0.717, 1.165) is 27.9 Å². The van der Waals surface area contributed by atoms with Gasteiger partial charge >= 0.3 is 5.97 Å². The average Bonchev–Trinajstić information content (AvgIpc) is 2.75. The van der Waals surface area contributed by atoms with Gasteiger partial charge in [0.15, 0.2) is 0 Å². The number of benzene rings is 2. The van der Waals surface area contributed by atoms with Gasteiger partial charge in [0.2, 0.25) is 5.88 Å². The van der Waals surface area contributed by atoms with Gasteiger partial charge in [-0.25, -0.2) is 4.98 Å². The molecule has 0 saturated carbocycles. The van der Waals surface area contributed by atoms with Gasteiger partial charge in [0.1, 0.15) is 6.61 Å². The molecule has 0 saturated heterocycles. The molecule has 1 aliphatic heterocycles. The molecule has 6 bridgehead atoms. The summed E-state index contributed by atoms with van der Waals surface area (Å²) in [5.41, 5.74) is 5.60. The summed E-state index contributed by atoms with van der Waals surface area (Å²) in [6.45, 7) is 1.05.